The SMILES string of the molecule is CNCCCC(=O)CN1c2ccc(Cl)cc2N=C(N2CCN(C)CC2)c2ccccc21. The molecule has 0 aromatic heterocycles. The summed E-state index contributed by atoms with van der Waals surface area (Å²) in [5.41, 5.74) is 3.80. The van der Waals surface area contributed by atoms with Crippen LogP contribution < -0.4 is 10.2 Å². The zero-order chi connectivity index (χ0) is 21.8. The number of aliphatic imine (C=N–C) groups is 1. The van der Waals surface area contributed by atoms with Gasteiger partial charge in [0.15, 0.2) is 5.78 Å². The van der Waals surface area contributed by atoms with Gasteiger partial charge in [0.2, 0.25) is 0 Å². The molecule has 31 heavy (non-hydrogen) atoms. The Hall–Kier alpha value is -2.41. The van der Waals surface area contributed by atoms with E-state index in [2.05, 4.69) is 39.2 Å². The molecule has 2 aromatic carbocycles. The zero-order valence-corrected chi connectivity index (χ0v) is 19.0. The van der Waals surface area contributed by atoms with E-state index in [9.17, 15) is 4.79 Å². The molecule has 7 heteroatoms. The van der Waals surface area contributed by atoms with Gasteiger partial charge in [-0.2, -0.15) is 0 Å². The summed E-state index contributed by atoms with van der Waals surface area (Å²) in [6, 6.07) is 14.0. The van der Waals surface area contributed by atoms with Crippen molar-refractivity contribution in [3.05, 3.63) is 53.1 Å². The lowest BCUT2D eigenvalue weighted by Crippen LogP contribution is -2.47. The van der Waals surface area contributed by atoms with Gasteiger partial charge >= 0.3 is 0 Å². The van der Waals surface area contributed by atoms with E-state index in [0.29, 0.717) is 18.0 Å². The number of hydrogen-bond donors (Lipinski definition) is 1. The maximum atomic E-state index is 12.9. The molecule has 0 atom stereocenters. The molecule has 0 amide bonds. The van der Waals surface area contributed by atoms with E-state index < -0.39 is 0 Å². The number of piperazine rings is 1. The smallest absolute Gasteiger partial charge is 0.152 e. The summed E-state index contributed by atoms with van der Waals surface area (Å²) in [6.45, 7) is 4.99. The van der Waals surface area contributed by atoms with Crippen molar-refractivity contribution in [3.63, 3.8) is 0 Å². The lowest BCUT2D eigenvalue weighted by Gasteiger charge is -2.35. The van der Waals surface area contributed by atoms with Crippen molar-refractivity contribution in [1.82, 2.24) is 15.1 Å². The van der Waals surface area contributed by atoms with E-state index in [1.54, 1.807) is 0 Å². The molecular weight excluding hydrogens is 410 g/mol. The topological polar surface area (TPSA) is 51.2 Å². The van der Waals surface area contributed by atoms with Crippen molar-refractivity contribution in [2.75, 3.05) is 58.3 Å². The second kappa shape index (κ2) is 9.81. The number of para-hydroxylation sites is 1. The number of anilines is 2. The minimum absolute atomic E-state index is 0.217. The number of nitrogens with zero attached hydrogens (tertiary/aromatic N) is 4. The maximum absolute atomic E-state index is 12.9. The van der Waals surface area contributed by atoms with Crippen molar-refractivity contribution < 1.29 is 4.79 Å². The molecule has 0 unspecified atom stereocenters. The van der Waals surface area contributed by atoms with Gasteiger partial charge in [-0.3, -0.25) is 4.79 Å². The van der Waals surface area contributed by atoms with E-state index >= 15 is 0 Å². The molecule has 2 aromatic rings. The number of carbonyl (C=O) groups excluding carboxylic acids is 1. The highest BCUT2D eigenvalue weighted by Crippen LogP contribution is 2.41. The molecule has 0 saturated carbocycles. The third-order valence-electron chi connectivity index (χ3n) is 5.91. The summed E-state index contributed by atoms with van der Waals surface area (Å²) in [5, 5.41) is 3.76. The molecule has 1 N–H and O–H groups in total. The van der Waals surface area contributed by atoms with Gasteiger partial charge in [-0.25, -0.2) is 4.99 Å². The number of rotatable bonds is 6. The maximum Gasteiger partial charge on any atom is 0.152 e. The number of fused-ring (bicyclic) bond motifs is 2. The van der Waals surface area contributed by atoms with Crippen LogP contribution in [-0.4, -0.2) is 74.8 Å². The van der Waals surface area contributed by atoms with Crippen molar-refractivity contribution in [2.45, 2.75) is 12.8 Å². The Kier molecular flexibility index (Phi) is 6.90. The van der Waals surface area contributed by atoms with Crippen molar-refractivity contribution >= 4 is 40.3 Å². The van der Waals surface area contributed by atoms with Gasteiger partial charge in [0.1, 0.15) is 5.84 Å². The molecule has 6 nitrogen and oxygen atoms in total. The first-order valence-electron chi connectivity index (χ1n) is 10.9. The quantitative estimate of drug-likeness (QED) is 0.696. The molecule has 1 fully saturated rings. The first-order chi connectivity index (χ1) is 15.1. The number of amidine groups is 1. The predicted octanol–water partition coefficient (Wildman–Crippen LogP) is 3.69. The molecule has 1 saturated heterocycles. The van der Waals surface area contributed by atoms with E-state index in [4.69, 9.17) is 16.6 Å². The molecule has 0 aliphatic carbocycles. The minimum Gasteiger partial charge on any atom is -0.353 e. The third kappa shape index (κ3) is 4.92. The van der Waals surface area contributed by atoms with Crippen LogP contribution in [0.5, 0.6) is 0 Å². The van der Waals surface area contributed by atoms with Gasteiger partial charge in [-0.05, 0) is 57.4 Å². The van der Waals surface area contributed by atoms with Crippen LogP contribution in [-0.2, 0) is 4.79 Å². The van der Waals surface area contributed by atoms with E-state index in [-0.39, 0.29) is 5.78 Å². The van der Waals surface area contributed by atoms with Crippen molar-refractivity contribution in [3.8, 4) is 0 Å². The summed E-state index contributed by atoms with van der Waals surface area (Å²) >= 11 is 6.35. The second-order valence-electron chi connectivity index (χ2n) is 8.21. The number of benzene rings is 2. The first-order valence-corrected chi connectivity index (χ1v) is 11.3. The summed E-state index contributed by atoms with van der Waals surface area (Å²) in [6.07, 6.45) is 1.38. The second-order valence-corrected chi connectivity index (χ2v) is 8.64. The zero-order valence-electron chi connectivity index (χ0n) is 18.3. The highest BCUT2D eigenvalue weighted by molar-refractivity contribution is 6.31. The van der Waals surface area contributed by atoms with Crippen LogP contribution in [0.3, 0.4) is 0 Å². The van der Waals surface area contributed by atoms with Gasteiger partial charge in [-0.1, -0.05) is 23.7 Å². The van der Waals surface area contributed by atoms with Crippen LogP contribution in [0.15, 0.2) is 47.5 Å². The van der Waals surface area contributed by atoms with E-state index in [1.807, 2.05) is 37.4 Å². The molecule has 2 aliphatic rings. The van der Waals surface area contributed by atoms with Gasteiger partial charge in [-0.15, -0.1) is 0 Å². The lowest BCUT2D eigenvalue weighted by molar-refractivity contribution is -0.117. The number of hydrogen-bond acceptors (Lipinski definition) is 6. The lowest BCUT2D eigenvalue weighted by atomic mass is 10.1. The molecule has 2 heterocycles. The molecule has 164 valence electrons. The average molecular weight is 440 g/mol. The molecule has 0 radical (unpaired) electrons. The first kappa shape index (κ1) is 21.8. The van der Waals surface area contributed by atoms with Gasteiger partial charge in [0.05, 0.1) is 23.6 Å². The van der Waals surface area contributed by atoms with Crippen LogP contribution >= 0.6 is 11.6 Å². The van der Waals surface area contributed by atoms with Crippen molar-refractivity contribution in [2.24, 2.45) is 4.99 Å². The van der Waals surface area contributed by atoms with E-state index in [1.165, 1.54) is 0 Å². The summed E-state index contributed by atoms with van der Waals surface area (Å²) < 4.78 is 0. The summed E-state index contributed by atoms with van der Waals surface area (Å²) in [4.78, 5) is 24.7. The Morgan fingerprint density at radius 1 is 1.10 bits per heavy atom. The van der Waals surface area contributed by atoms with Crippen LogP contribution in [0.25, 0.3) is 0 Å². The molecular formula is C24H30ClN5O. The molecule has 0 bridgehead atoms. The monoisotopic (exact) mass is 439 g/mol. The van der Waals surface area contributed by atoms with Gasteiger partial charge in [0.25, 0.3) is 0 Å². The fraction of sp³-hybridized carbons (Fsp3) is 0.417. The number of Topliss-reactive ketones (excluding diaryl/α,β-unsaturated/α-hetero) is 1. The van der Waals surface area contributed by atoms with E-state index in [0.717, 1.165) is 67.6 Å². The van der Waals surface area contributed by atoms with Crippen molar-refractivity contribution in [1.29, 1.82) is 0 Å². The van der Waals surface area contributed by atoms with Crippen LogP contribution in [0.4, 0.5) is 17.1 Å². The third-order valence-corrected chi connectivity index (χ3v) is 6.15. The van der Waals surface area contributed by atoms with Crippen LogP contribution in [0.2, 0.25) is 5.02 Å². The number of nitrogens with one attached hydrogen (secondary N) is 1. The fourth-order valence-corrected chi connectivity index (χ4v) is 4.33. The molecule has 0 spiro atoms. The Morgan fingerprint density at radius 3 is 2.65 bits per heavy atom. The fourth-order valence-electron chi connectivity index (χ4n) is 4.16. The Morgan fingerprint density at radius 2 is 1.87 bits per heavy atom. The normalized spacial score (nSPS) is 16.4. The van der Waals surface area contributed by atoms with Crippen LogP contribution in [0, 0.1) is 0 Å². The summed E-state index contributed by atoms with van der Waals surface area (Å²) in [7, 11) is 4.06. The highest BCUT2D eigenvalue weighted by Gasteiger charge is 2.28. The summed E-state index contributed by atoms with van der Waals surface area (Å²) in [5.74, 6) is 1.17. The average Bonchev–Trinajstić information content (AvgIpc) is 2.89. The Balaban J connectivity index is 1.75. The Labute approximate surface area is 189 Å². The largest absolute Gasteiger partial charge is 0.353 e. The highest BCUT2D eigenvalue weighted by atomic mass is 35.5. The minimum atomic E-state index is 0.217. The Bertz CT molecular complexity index is 968. The number of halogens is 1. The standard InChI is InChI=1S/C24H30ClN5O/c1-26-11-5-6-19(31)17-30-22-8-4-3-7-20(22)24(29-14-12-28(2)13-15-29)27-21-16-18(25)9-10-23(21)30/h3-4,7-10,16,26H,5-6,11-15,17H2,1-2H3. The van der Waals surface area contributed by atoms with Gasteiger partial charge < -0.3 is 20.0 Å². The van der Waals surface area contributed by atoms with Crippen LogP contribution in [0.1, 0.15) is 18.4 Å². The molecule has 2 aliphatic heterocycles. The number of ketones is 1. The molecule has 4 rings (SSSR count). The number of likely N-dealkylation sites (N-methyl/N-ethyl adjacent to an activating group) is 1. The predicted molar refractivity (Wildman–Crippen MR) is 128 cm³/mol. The number of carbonyl (C=O) groups is 1. The van der Waals surface area contributed by atoms with Gasteiger partial charge in [0, 0.05) is 43.2 Å².